The van der Waals surface area contributed by atoms with Gasteiger partial charge < -0.3 is 4.55 Å². The molecule has 3 aromatic rings. The zero-order valence-corrected chi connectivity index (χ0v) is 12.0. The number of aromatic nitrogens is 1. The molecule has 0 saturated carbocycles. The van der Waals surface area contributed by atoms with Crippen LogP contribution >= 0.6 is 11.6 Å². The van der Waals surface area contributed by atoms with Crippen molar-refractivity contribution in [2.24, 2.45) is 0 Å². The van der Waals surface area contributed by atoms with Crippen molar-refractivity contribution in [1.82, 2.24) is 4.98 Å². The van der Waals surface area contributed by atoms with E-state index in [-0.39, 0.29) is 0 Å². The summed E-state index contributed by atoms with van der Waals surface area (Å²) < 4.78 is 15.3. The van der Waals surface area contributed by atoms with Crippen LogP contribution in [0.15, 0.2) is 65.7 Å². The number of hydrogen-bond acceptors (Lipinski definition) is 3. The summed E-state index contributed by atoms with van der Waals surface area (Å²) >= 11 is 4.54. The van der Waals surface area contributed by atoms with Gasteiger partial charge in [0.15, 0.2) is 4.90 Å². The molecule has 0 aliphatic rings. The van der Waals surface area contributed by atoms with E-state index < -0.39 is 11.4 Å². The van der Waals surface area contributed by atoms with Crippen molar-refractivity contribution in [2.75, 3.05) is 4.72 Å². The number of nitrogens with one attached hydrogen (secondary N) is 1. The molecule has 0 aliphatic carbocycles. The molecule has 1 aromatic heterocycles. The molecule has 3 rings (SSSR count). The molecule has 0 spiro atoms. The van der Waals surface area contributed by atoms with Crippen LogP contribution in [0.2, 0.25) is 5.02 Å². The highest BCUT2D eigenvalue weighted by molar-refractivity contribution is 7.92. The average molecular weight is 303 g/mol. The van der Waals surface area contributed by atoms with E-state index in [4.69, 9.17) is 11.6 Å². The number of para-hydroxylation sites is 1. The molecule has 100 valence electrons. The fourth-order valence-electron chi connectivity index (χ4n) is 1.93. The first-order valence-electron chi connectivity index (χ1n) is 6.02. The Morgan fingerprint density at radius 3 is 2.70 bits per heavy atom. The molecule has 0 fully saturated rings. The van der Waals surface area contributed by atoms with E-state index in [1.165, 1.54) is 0 Å². The minimum atomic E-state index is -1.38. The Hall–Kier alpha value is -1.75. The summed E-state index contributed by atoms with van der Waals surface area (Å²) in [6.45, 7) is 0. The van der Waals surface area contributed by atoms with E-state index >= 15 is 0 Å². The van der Waals surface area contributed by atoms with Crippen LogP contribution in [-0.4, -0.2) is 9.54 Å². The van der Waals surface area contributed by atoms with Crippen molar-refractivity contribution in [3.05, 3.63) is 65.8 Å². The maximum absolute atomic E-state index is 12.3. The van der Waals surface area contributed by atoms with Crippen molar-refractivity contribution >= 4 is 39.6 Å². The summed E-state index contributed by atoms with van der Waals surface area (Å²) in [5.41, 5.74) is 1.53. The molecular formula is C15H11ClN2OS. The smallest absolute Gasteiger partial charge is 0.181 e. The second-order valence-corrected chi connectivity index (χ2v) is 5.86. The van der Waals surface area contributed by atoms with Gasteiger partial charge in [-0.15, -0.1) is 0 Å². The number of hydrogen-bond donors (Lipinski definition) is 1. The molecule has 5 heteroatoms. The molecule has 0 bridgehead atoms. The largest absolute Gasteiger partial charge is 0.588 e. The van der Waals surface area contributed by atoms with E-state index in [0.717, 1.165) is 16.6 Å². The van der Waals surface area contributed by atoms with Crippen LogP contribution in [0.5, 0.6) is 0 Å². The molecule has 0 saturated heterocycles. The molecule has 0 radical (unpaired) electrons. The van der Waals surface area contributed by atoms with Crippen LogP contribution in [0.1, 0.15) is 0 Å². The van der Waals surface area contributed by atoms with Crippen molar-refractivity contribution in [1.29, 1.82) is 0 Å². The molecular weight excluding hydrogens is 292 g/mol. The zero-order valence-electron chi connectivity index (χ0n) is 10.4. The summed E-state index contributed by atoms with van der Waals surface area (Å²) in [5, 5.41) is 1.56. The highest BCUT2D eigenvalue weighted by atomic mass is 35.5. The maximum Gasteiger partial charge on any atom is 0.181 e. The third kappa shape index (κ3) is 2.72. The second-order valence-electron chi connectivity index (χ2n) is 4.21. The topological polar surface area (TPSA) is 48.0 Å². The van der Waals surface area contributed by atoms with Crippen LogP contribution in [0.25, 0.3) is 10.9 Å². The Morgan fingerprint density at radius 2 is 1.85 bits per heavy atom. The first kappa shape index (κ1) is 13.2. The number of anilines is 1. The van der Waals surface area contributed by atoms with Crippen molar-refractivity contribution in [2.45, 2.75) is 4.90 Å². The minimum absolute atomic E-state index is 0.564. The van der Waals surface area contributed by atoms with E-state index in [9.17, 15) is 4.55 Å². The highest BCUT2D eigenvalue weighted by Crippen LogP contribution is 2.24. The van der Waals surface area contributed by atoms with Crippen molar-refractivity contribution < 1.29 is 4.55 Å². The van der Waals surface area contributed by atoms with Crippen LogP contribution in [0, 0.1) is 0 Å². The van der Waals surface area contributed by atoms with Gasteiger partial charge in [0.1, 0.15) is 17.0 Å². The molecule has 0 amide bonds. The van der Waals surface area contributed by atoms with Crippen molar-refractivity contribution in [3.8, 4) is 0 Å². The number of rotatable bonds is 3. The Labute approximate surface area is 124 Å². The van der Waals surface area contributed by atoms with Gasteiger partial charge in [-0.2, -0.15) is 0 Å². The zero-order chi connectivity index (χ0) is 13.9. The van der Waals surface area contributed by atoms with E-state index in [2.05, 4.69) is 9.71 Å². The Kier molecular flexibility index (Phi) is 3.78. The first-order chi connectivity index (χ1) is 9.74. The number of fused-ring (bicyclic) bond motifs is 1. The van der Waals surface area contributed by atoms with Gasteiger partial charge in [-0.05, 0) is 24.3 Å². The summed E-state index contributed by atoms with van der Waals surface area (Å²) in [6.07, 6.45) is 1.72. The van der Waals surface area contributed by atoms with Gasteiger partial charge in [-0.3, -0.25) is 4.98 Å². The van der Waals surface area contributed by atoms with E-state index in [1.807, 2.05) is 30.3 Å². The van der Waals surface area contributed by atoms with Crippen LogP contribution < -0.4 is 4.72 Å². The van der Waals surface area contributed by atoms with Crippen LogP contribution in [0.3, 0.4) is 0 Å². The fourth-order valence-corrected chi connectivity index (χ4v) is 3.10. The molecule has 1 heterocycles. The second kappa shape index (κ2) is 5.71. The predicted molar refractivity (Wildman–Crippen MR) is 83.2 cm³/mol. The Morgan fingerprint density at radius 1 is 1.05 bits per heavy atom. The van der Waals surface area contributed by atoms with Gasteiger partial charge >= 0.3 is 0 Å². The van der Waals surface area contributed by atoms with E-state index in [1.54, 1.807) is 30.5 Å². The van der Waals surface area contributed by atoms with Gasteiger partial charge in [0.25, 0.3) is 0 Å². The Bertz CT molecular complexity index is 745. The maximum atomic E-state index is 12.3. The number of nitrogens with zero attached hydrogens (tertiary/aromatic N) is 1. The molecule has 0 aliphatic heterocycles. The third-order valence-electron chi connectivity index (χ3n) is 2.85. The van der Waals surface area contributed by atoms with Gasteiger partial charge in [0.05, 0.1) is 5.52 Å². The first-order valence-corrected chi connectivity index (χ1v) is 7.54. The monoisotopic (exact) mass is 302 g/mol. The van der Waals surface area contributed by atoms with Crippen molar-refractivity contribution in [3.63, 3.8) is 0 Å². The normalized spacial score (nSPS) is 12.3. The van der Waals surface area contributed by atoms with E-state index in [0.29, 0.717) is 9.92 Å². The highest BCUT2D eigenvalue weighted by Gasteiger charge is 2.14. The summed E-state index contributed by atoms with van der Waals surface area (Å²) in [4.78, 5) is 4.95. The molecule has 3 nitrogen and oxygen atoms in total. The average Bonchev–Trinajstić information content (AvgIpc) is 2.47. The summed E-state index contributed by atoms with van der Waals surface area (Å²) in [6, 6.07) is 16.6. The quantitative estimate of drug-likeness (QED) is 0.743. The van der Waals surface area contributed by atoms with Crippen LogP contribution in [0.4, 0.5) is 5.69 Å². The van der Waals surface area contributed by atoms with Gasteiger partial charge in [-0.1, -0.05) is 35.9 Å². The third-order valence-corrected chi connectivity index (χ3v) is 4.17. The lowest BCUT2D eigenvalue weighted by atomic mass is 10.2. The number of halogens is 1. The summed E-state index contributed by atoms with van der Waals surface area (Å²) in [7, 11) is 0. The molecule has 1 atom stereocenters. The molecule has 1 unspecified atom stereocenters. The fraction of sp³-hybridized carbons (Fsp3) is 0. The number of benzene rings is 2. The number of pyridine rings is 1. The minimum Gasteiger partial charge on any atom is -0.588 e. The lowest BCUT2D eigenvalue weighted by Crippen LogP contribution is -2.13. The van der Waals surface area contributed by atoms with Crippen LogP contribution in [-0.2, 0) is 11.4 Å². The SMILES string of the molecule is [O-][S+](Nc1cccc2cccnc12)c1cccc(Cl)c1. The lowest BCUT2D eigenvalue weighted by Gasteiger charge is -2.12. The van der Waals surface area contributed by atoms with Gasteiger partial charge in [-0.25, -0.2) is 4.72 Å². The summed E-state index contributed by atoms with van der Waals surface area (Å²) in [5.74, 6) is 0. The van der Waals surface area contributed by atoms with Gasteiger partial charge in [0, 0.05) is 22.7 Å². The standard InChI is InChI=1S/C15H11ClN2OS/c16-12-6-2-7-13(10-12)20(19)18-14-8-1-4-11-5-3-9-17-15(11)14/h1-10,18H. The molecule has 2 aromatic carbocycles. The lowest BCUT2D eigenvalue weighted by molar-refractivity contribution is 0.600. The molecule has 20 heavy (non-hydrogen) atoms. The predicted octanol–water partition coefficient (Wildman–Crippen LogP) is 4.02. The molecule has 1 N–H and O–H groups in total. The Balaban J connectivity index is 1.93. The van der Waals surface area contributed by atoms with Gasteiger partial charge in [0.2, 0.25) is 0 Å².